The van der Waals surface area contributed by atoms with Gasteiger partial charge in [0.2, 0.25) is 17.3 Å². The molecule has 0 heterocycles. The van der Waals surface area contributed by atoms with Crippen molar-refractivity contribution in [3.8, 4) is 0 Å². The zero-order valence-electron chi connectivity index (χ0n) is 7.46. The molecule has 0 radical (unpaired) electrons. The number of aliphatic hydroxyl groups excluding tert-OH is 1. The third-order valence-electron chi connectivity index (χ3n) is 1.66. The molecule has 0 aliphatic heterocycles. The van der Waals surface area contributed by atoms with Crippen molar-refractivity contribution in [2.45, 2.75) is 0 Å². The van der Waals surface area contributed by atoms with Crippen LogP contribution in [0.3, 0.4) is 0 Å². The SMILES string of the molecule is C=C1C=C(O)C(OC)=C(OC)C1=O. The predicted octanol–water partition coefficient (Wildman–Crippen LogP) is 1.07. The molecule has 1 aliphatic carbocycles. The molecule has 0 saturated heterocycles. The van der Waals surface area contributed by atoms with Crippen LogP contribution in [0.4, 0.5) is 0 Å². The number of hydrogen-bond donors (Lipinski definition) is 1. The van der Waals surface area contributed by atoms with Crippen LogP contribution in [0, 0.1) is 0 Å². The van der Waals surface area contributed by atoms with E-state index in [9.17, 15) is 9.90 Å². The third-order valence-corrected chi connectivity index (χ3v) is 1.66. The van der Waals surface area contributed by atoms with E-state index in [-0.39, 0.29) is 28.6 Å². The van der Waals surface area contributed by atoms with Gasteiger partial charge in [-0.25, -0.2) is 0 Å². The van der Waals surface area contributed by atoms with Gasteiger partial charge in [0, 0.05) is 5.57 Å². The van der Waals surface area contributed by atoms with Gasteiger partial charge in [-0.3, -0.25) is 4.79 Å². The molecule has 0 unspecified atom stereocenters. The molecule has 0 aromatic heterocycles. The van der Waals surface area contributed by atoms with Crippen molar-refractivity contribution in [1.29, 1.82) is 0 Å². The van der Waals surface area contributed by atoms with E-state index in [1.54, 1.807) is 0 Å². The van der Waals surface area contributed by atoms with Crippen LogP contribution >= 0.6 is 0 Å². The van der Waals surface area contributed by atoms with E-state index in [4.69, 9.17) is 9.47 Å². The number of rotatable bonds is 2. The van der Waals surface area contributed by atoms with Crippen LogP contribution in [0.1, 0.15) is 0 Å². The molecular formula is C9H10O4. The minimum atomic E-state index is -0.378. The fraction of sp³-hybridized carbons (Fsp3) is 0.222. The quantitative estimate of drug-likeness (QED) is 0.649. The Hall–Kier alpha value is -1.71. The lowest BCUT2D eigenvalue weighted by Crippen LogP contribution is -2.16. The molecule has 0 aromatic rings. The second-order valence-corrected chi connectivity index (χ2v) is 2.45. The summed E-state index contributed by atoms with van der Waals surface area (Å²) in [6.45, 7) is 3.46. The number of Topliss-reactive ketones (excluding diaryl/α,β-unsaturated/α-hetero) is 1. The first-order chi connectivity index (χ1) is 6.11. The average Bonchev–Trinajstić information content (AvgIpc) is 2.10. The summed E-state index contributed by atoms with van der Waals surface area (Å²) < 4.78 is 9.59. The zero-order chi connectivity index (χ0) is 10.0. The second kappa shape index (κ2) is 3.35. The first-order valence-corrected chi connectivity index (χ1v) is 3.58. The molecule has 0 fully saturated rings. The first kappa shape index (κ1) is 9.38. The van der Waals surface area contributed by atoms with Crippen molar-refractivity contribution < 1.29 is 19.4 Å². The summed E-state index contributed by atoms with van der Waals surface area (Å²) in [5.41, 5.74) is 0.176. The van der Waals surface area contributed by atoms with Crippen LogP contribution < -0.4 is 0 Å². The molecule has 1 aliphatic rings. The number of methoxy groups -OCH3 is 2. The third kappa shape index (κ3) is 1.42. The number of ketones is 1. The number of ether oxygens (including phenoxy) is 2. The Labute approximate surface area is 75.8 Å². The van der Waals surface area contributed by atoms with Gasteiger partial charge < -0.3 is 14.6 Å². The van der Waals surface area contributed by atoms with Crippen molar-refractivity contribution in [3.05, 3.63) is 35.5 Å². The highest BCUT2D eigenvalue weighted by Crippen LogP contribution is 2.24. The first-order valence-electron chi connectivity index (χ1n) is 3.58. The van der Waals surface area contributed by atoms with E-state index in [2.05, 4.69) is 6.58 Å². The maximum atomic E-state index is 11.4. The van der Waals surface area contributed by atoms with Crippen LogP contribution in [0.25, 0.3) is 0 Å². The molecule has 4 heteroatoms. The second-order valence-electron chi connectivity index (χ2n) is 2.45. The van der Waals surface area contributed by atoms with Gasteiger partial charge in [-0.1, -0.05) is 6.58 Å². The molecule has 1 rings (SSSR count). The van der Waals surface area contributed by atoms with E-state index in [0.717, 1.165) is 0 Å². The van der Waals surface area contributed by atoms with E-state index >= 15 is 0 Å². The minimum Gasteiger partial charge on any atom is -0.504 e. The standard InChI is InChI=1S/C9H10O4/c1-5-4-6(10)8(12-2)9(13-3)7(5)11/h4,10H,1H2,2-3H3. The lowest BCUT2D eigenvalue weighted by molar-refractivity contribution is -0.115. The Bertz CT molecular complexity index is 323. The molecule has 0 aromatic carbocycles. The molecule has 4 nitrogen and oxygen atoms in total. The van der Waals surface area contributed by atoms with Crippen molar-refractivity contribution >= 4 is 5.78 Å². The summed E-state index contributed by atoms with van der Waals surface area (Å²) in [6.07, 6.45) is 1.24. The topological polar surface area (TPSA) is 55.8 Å². The summed E-state index contributed by atoms with van der Waals surface area (Å²) in [5, 5.41) is 9.34. The number of carbonyl (C=O) groups excluding carboxylic acids is 1. The fourth-order valence-corrected chi connectivity index (χ4v) is 1.04. The van der Waals surface area contributed by atoms with Crippen LogP contribution in [-0.2, 0) is 14.3 Å². The fourth-order valence-electron chi connectivity index (χ4n) is 1.04. The largest absolute Gasteiger partial charge is 0.504 e. The summed E-state index contributed by atoms with van der Waals surface area (Å²) in [4.78, 5) is 11.4. The molecular weight excluding hydrogens is 172 g/mol. The molecule has 1 N–H and O–H groups in total. The normalized spacial score (nSPS) is 17.2. The van der Waals surface area contributed by atoms with Gasteiger partial charge in [0.25, 0.3) is 0 Å². The molecule has 0 spiro atoms. The predicted molar refractivity (Wildman–Crippen MR) is 45.9 cm³/mol. The Kier molecular flexibility index (Phi) is 2.41. The monoisotopic (exact) mass is 182 g/mol. The molecule has 0 atom stereocenters. The lowest BCUT2D eigenvalue weighted by atomic mass is 10.0. The summed E-state index contributed by atoms with van der Waals surface area (Å²) in [5.74, 6) is -0.506. The van der Waals surface area contributed by atoms with E-state index in [1.807, 2.05) is 0 Å². The van der Waals surface area contributed by atoms with Crippen molar-refractivity contribution in [2.24, 2.45) is 0 Å². The molecule has 0 amide bonds. The van der Waals surface area contributed by atoms with Gasteiger partial charge in [0.05, 0.1) is 14.2 Å². The highest BCUT2D eigenvalue weighted by atomic mass is 16.5. The lowest BCUT2D eigenvalue weighted by Gasteiger charge is -2.15. The number of carbonyl (C=O) groups is 1. The number of allylic oxidation sites excluding steroid dienone is 2. The minimum absolute atomic E-state index is 0.0208. The Morgan fingerprint density at radius 2 is 1.85 bits per heavy atom. The summed E-state index contributed by atoms with van der Waals surface area (Å²) in [6, 6.07) is 0. The Morgan fingerprint density at radius 1 is 1.31 bits per heavy atom. The Morgan fingerprint density at radius 3 is 2.31 bits per heavy atom. The molecule has 0 saturated carbocycles. The number of hydrogen-bond acceptors (Lipinski definition) is 4. The highest BCUT2D eigenvalue weighted by Gasteiger charge is 2.26. The highest BCUT2D eigenvalue weighted by molar-refractivity contribution is 6.10. The smallest absolute Gasteiger partial charge is 0.231 e. The zero-order valence-corrected chi connectivity index (χ0v) is 7.46. The van der Waals surface area contributed by atoms with Gasteiger partial charge in [0.15, 0.2) is 5.76 Å². The molecule has 70 valence electrons. The van der Waals surface area contributed by atoms with Crippen molar-refractivity contribution in [2.75, 3.05) is 14.2 Å². The summed E-state index contributed by atoms with van der Waals surface area (Å²) in [7, 11) is 2.68. The maximum Gasteiger partial charge on any atom is 0.231 e. The van der Waals surface area contributed by atoms with Crippen LogP contribution in [0.5, 0.6) is 0 Å². The van der Waals surface area contributed by atoms with Gasteiger partial charge in [-0.15, -0.1) is 0 Å². The average molecular weight is 182 g/mol. The Balaban J connectivity index is 3.23. The van der Waals surface area contributed by atoms with Gasteiger partial charge in [-0.05, 0) is 6.08 Å². The van der Waals surface area contributed by atoms with Crippen molar-refractivity contribution in [1.82, 2.24) is 0 Å². The molecule has 0 bridgehead atoms. The van der Waals surface area contributed by atoms with E-state index in [0.29, 0.717) is 0 Å². The van der Waals surface area contributed by atoms with Crippen LogP contribution in [0.2, 0.25) is 0 Å². The molecule has 13 heavy (non-hydrogen) atoms. The van der Waals surface area contributed by atoms with Crippen LogP contribution in [0.15, 0.2) is 35.5 Å². The van der Waals surface area contributed by atoms with Gasteiger partial charge >= 0.3 is 0 Å². The summed E-state index contributed by atoms with van der Waals surface area (Å²) >= 11 is 0. The van der Waals surface area contributed by atoms with E-state index < -0.39 is 0 Å². The number of aliphatic hydroxyl groups is 1. The maximum absolute atomic E-state index is 11.4. The van der Waals surface area contributed by atoms with Crippen molar-refractivity contribution in [3.63, 3.8) is 0 Å². The van der Waals surface area contributed by atoms with E-state index in [1.165, 1.54) is 20.3 Å². The van der Waals surface area contributed by atoms with Gasteiger partial charge in [0.1, 0.15) is 0 Å². The van der Waals surface area contributed by atoms with Gasteiger partial charge in [-0.2, -0.15) is 0 Å². The van der Waals surface area contributed by atoms with Crippen LogP contribution in [-0.4, -0.2) is 25.1 Å².